The summed E-state index contributed by atoms with van der Waals surface area (Å²) in [5.41, 5.74) is 8.11. The maximum absolute atomic E-state index is 14.0. The number of para-hydroxylation sites is 1. The van der Waals surface area contributed by atoms with Crippen molar-refractivity contribution in [2.75, 3.05) is 17.5 Å². The molecule has 0 radical (unpaired) electrons. The summed E-state index contributed by atoms with van der Waals surface area (Å²) in [7, 11) is 1.86. The molecule has 1 aliphatic carbocycles. The Morgan fingerprint density at radius 3 is 2.64 bits per heavy atom. The average molecular weight is 403 g/mol. The van der Waals surface area contributed by atoms with Gasteiger partial charge >= 0.3 is 0 Å². The van der Waals surface area contributed by atoms with Crippen molar-refractivity contribution in [3.05, 3.63) is 53.8 Å². The Morgan fingerprint density at radius 2 is 1.93 bits per heavy atom. The van der Waals surface area contributed by atoms with E-state index in [-0.39, 0.29) is 11.5 Å². The zero-order valence-electron chi connectivity index (χ0n) is 16.0. The van der Waals surface area contributed by atoms with Crippen molar-refractivity contribution in [3.8, 4) is 0 Å². The molecule has 0 aliphatic heterocycles. The Kier molecular flexibility index (Phi) is 7.13. The van der Waals surface area contributed by atoms with Crippen molar-refractivity contribution >= 4 is 29.2 Å². The molecular weight excluding hydrogens is 375 g/mol. The molecule has 0 bridgehead atoms. The molecule has 0 saturated heterocycles. The highest BCUT2D eigenvalue weighted by Crippen LogP contribution is 2.27. The van der Waals surface area contributed by atoms with Crippen LogP contribution >= 0.6 is 11.9 Å². The van der Waals surface area contributed by atoms with Crippen molar-refractivity contribution < 1.29 is 4.39 Å². The molecule has 0 aromatic heterocycles. The van der Waals surface area contributed by atoms with Gasteiger partial charge in [0.15, 0.2) is 5.84 Å². The van der Waals surface area contributed by atoms with E-state index in [0.29, 0.717) is 6.04 Å². The van der Waals surface area contributed by atoms with Gasteiger partial charge in [0.25, 0.3) is 0 Å². The van der Waals surface area contributed by atoms with E-state index in [1.165, 1.54) is 37.3 Å². The molecule has 2 aromatic carbocycles. The van der Waals surface area contributed by atoms with Crippen molar-refractivity contribution in [1.29, 1.82) is 0 Å². The Morgan fingerprint density at radius 1 is 1.18 bits per heavy atom. The second kappa shape index (κ2) is 9.77. The number of hydrogen-bond donors (Lipinski definition) is 4. The first kappa shape index (κ1) is 20.4. The van der Waals surface area contributed by atoms with Gasteiger partial charge in [0.1, 0.15) is 11.5 Å². The van der Waals surface area contributed by atoms with Crippen molar-refractivity contribution in [1.82, 2.24) is 4.72 Å². The first-order valence-corrected chi connectivity index (χ1v) is 10.3. The zero-order valence-corrected chi connectivity index (χ0v) is 16.8. The van der Waals surface area contributed by atoms with Crippen LogP contribution in [0.25, 0.3) is 0 Å². The van der Waals surface area contributed by atoms with Gasteiger partial charge in [-0.2, -0.15) is 5.12 Å². The molecule has 0 heterocycles. The van der Waals surface area contributed by atoms with Gasteiger partial charge < -0.3 is 11.1 Å². The molecule has 0 unspecified atom stereocenters. The van der Waals surface area contributed by atoms with Gasteiger partial charge in [-0.25, -0.2) is 10.2 Å². The third-order valence-corrected chi connectivity index (χ3v) is 5.46. The molecule has 0 spiro atoms. The SMILES string of the molecule is CNSc1ccc(NC2CCCCC2)c(/C(N)=N/N(N)c2ccccc2F)c1. The number of nitrogens with one attached hydrogen (secondary N) is 2. The van der Waals surface area contributed by atoms with Crippen molar-refractivity contribution in [2.45, 2.75) is 43.0 Å². The Bertz CT molecular complexity index is 822. The summed E-state index contributed by atoms with van der Waals surface area (Å²) >= 11 is 1.49. The molecule has 0 amide bonds. The smallest absolute Gasteiger partial charge is 0.154 e. The van der Waals surface area contributed by atoms with E-state index in [0.717, 1.165) is 34.1 Å². The number of hydrazone groups is 1. The number of anilines is 2. The van der Waals surface area contributed by atoms with Gasteiger partial charge in [0.2, 0.25) is 0 Å². The van der Waals surface area contributed by atoms with E-state index < -0.39 is 5.82 Å². The Labute approximate surface area is 169 Å². The lowest BCUT2D eigenvalue weighted by molar-refractivity contribution is 0.462. The number of rotatable bonds is 7. The van der Waals surface area contributed by atoms with Crippen LogP contribution in [0.5, 0.6) is 0 Å². The number of halogens is 1. The second-order valence-corrected chi connectivity index (χ2v) is 7.86. The van der Waals surface area contributed by atoms with Gasteiger partial charge in [-0.3, -0.25) is 4.72 Å². The molecule has 6 N–H and O–H groups in total. The summed E-state index contributed by atoms with van der Waals surface area (Å²) in [5.74, 6) is 5.72. The van der Waals surface area contributed by atoms with Crippen molar-refractivity contribution in [2.24, 2.45) is 16.7 Å². The summed E-state index contributed by atoms with van der Waals surface area (Å²) in [6.07, 6.45) is 6.03. The molecule has 28 heavy (non-hydrogen) atoms. The lowest BCUT2D eigenvalue weighted by Crippen LogP contribution is -2.31. The third-order valence-electron chi connectivity index (χ3n) is 4.77. The molecule has 1 fully saturated rings. The number of nitrogens with two attached hydrogens (primary N) is 2. The predicted molar refractivity (Wildman–Crippen MR) is 116 cm³/mol. The van der Waals surface area contributed by atoms with E-state index in [1.807, 2.05) is 25.2 Å². The van der Waals surface area contributed by atoms with Crippen LogP contribution in [0.2, 0.25) is 0 Å². The maximum Gasteiger partial charge on any atom is 0.154 e. The number of hydrazine groups is 1. The van der Waals surface area contributed by atoms with Crippen LogP contribution in [0.4, 0.5) is 15.8 Å². The van der Waals surface area contributed by atoms with E-state index >= 15 is 0 Å². The fourth-order valence-electron chi connectivity index (χ4n) is 3.37. The molecule has 0 atom stereocenters. The molecule has 3 rings (SSSR count). The standard InChI is InChI=1S/C20H27FN6S/c1-24-28-15-11-12-18(25-14-7-3-2-4-8-14)16(13-15)20(22)26-27(23)19-10-6-5-9-17(19)21/h5-6,9-14,24-25H,2-4,7-8,23H2,1H3,(H2,22,26). The highest BCUT2D eigenvalue weighted by molar-refractivity contribution is 7.97. The molecule has 6 nitrogen and oxygen atoms in total. The average Bonchev–Trinajstić information content (AvgIpc) is 2.70. The van der Waals surface area contributed by atoms with E-state index in [4.69, 9.17) is 11.6 Å². The summed E-state index contributed by atoms with van der Waals surface area (Å²) in [6, 6.07) is 12.6. The van der Waals surface area contributed by atoms with Crippen LogP contribution in [0.1, 0.15) is 37.7 Å². The second-order valence-electron chi connectivity index (χ2n) is 6.77. The first-order chi connectivity index (χ1) is 13.6. The largest absolute Gasteiger partial charge is 0.382 e. The normalized spacial score (nSPS) is 15.5. The fraction of sp³-hybridized carbons (Fsp3) is 0.350. The molecule has 8 heteroatoms. The topological polar surface area (TPSA) is 91.7 Å². The van der Waals surface area contributed by atoms with Crippen LogP contribution in [-0.2, 0) is 0 Å². The minimum absolute atomic E-state index is 0.160. The minimum atomic E-state index is -0.457. The predicted octanol–water partition coefficient (Wildman–Crippen LogP) is 3.80. The lowest BCUT2D eigenvalue weighted by Gasteiger charge is -2.25. The monoisotopic (exact) mass is 402 g/mol. The quantitative estimate of drug-likeness (QED) is 0.185. The van der Waals surface area contributed by atoms with Gasteiger partial charge in [0.05, 0.1) is 0 Å². The zero-order chi connectivity index (χ0) is 19.9. The number of amidine groups is 1. The lowest BCUT2D eigenvalue weighted by atomic mass is 9.95. The van der Waals surface area contributed by atoms with Gasteiger partial charge in [-0.1, -0.05) is 31.4 Å². The maximum atomic E-state index is 14.0. The van der Waals surface area contributed by atoms with Crippen LogP contribution in [0, 0.1) is 5.82 Å². The highest BCUT2D eigenvalue weighted by atomic mass is 32.2. The van der Waals surface area contributed by atoms with Crippen LogP contribution in [-0.4, -0.2) is 18.9 Å². The molecule has 150 valence electrons. The summed E-state index contributed by atoms with van der Waals surface area (Å²) in [6.45, 7) is 0. The van der Waals surface area contributed by atoms with E-state index in [1.54, 1.807) is 18.2 Å². The van der Waals surface area contributed by atoms with Crippen molar-refractivity contribution in [3.63, 3.8) is 0 Å². The summed E-state index contributed by atoms with van der Waals surface area (Å²) in [5, 5.41) is 8.81. The number of hydrogen-bond acceptors (Lipinski definition) is 6. The van der Waals surface area contributed by atoms with Gasteiger partial charge in [-0.15, -0.1) is 5.10 Å². The van der Waals surface area contributed by atoms with Crippen LogP contribution < -0.4 is 26.7 Å². The van der Waals surface area contributed by atoms with Gasteiger partial charge in [0, 0.05) is 22.2 Å². The number of benzene rings is 2. The molecular formula is C20H27FN6S. The van der Waals surface area contributed by atoms with Crippen LogP contribution in [0.3, 0.4) is 0 Å². The van der Waals surface area contributed by atoms with Gasteiger partial charge in [-0.05, 0) is 62.2 Å². The fourth-order valence-corrected chi connectivity index (χ4v) is 3.92. The summed E-state index contributed by atoms with van der Waals surface area (Å²) < 4.78 is 17.0. The molecule has 1 aliphatic rings. The third kappa shape index (κ3) is 5.15. The van der Waals surface area contributed by atoms with Crippen LogP contribution in [0.15, 0.2) is 52.5 Å². The highest BCUT2D eigenvalue weighted by Gasteiger charge is 2.17. The Hall–Kier alpha value is -2.29. The summed E-state index contributed by atoms with van der Waals surface area (Å²) in [4.78, 5) is 0.999. The van der Waals surface area contributed by atoms with E-state index in [9.17, 15) is 4.39 Å². The molecule has 1 saturated carbocycles. The molecule has 2 aromatic rings. The number of nitrogens with zero attached hydrogens (tertiary/aromatic N) is 2. The first-order valence-electron chi connectivity index (χ1n) is 9.46. The minimum Gasteiger partial charge on any atom is -0.382 e. The Balaban J connectivity index is 1.89. The van der Waals surface area contributed by atoms with E-state index in [2.05, 4.69) is 15.1 Å².